The summed E-state index contributed by atoms with van der Waals surface area (Å²) in [7, 11) is 0. The average molecular weight is 252 g/mol. The van der Waals surface area contributed by atoms with Gasteiger partial charge in [-0.05, 0) is 50.6 Å². The molecule has 1 saturated heterocycles. The maximum absolute atomic E-state index is 3.76. The van der Waals surface area contributed by atoms with Crippen LogP contribution in [0.5, 0.6) is 0 Å². The summed E-state index contributed by atoms with van der Waals surface area (Å²) in [5, 5.41) is 3.76. The zero-order valence-electron chi connectivity index (χ0n) is 12.5. The van der Waals surface area contributed by atoms with Gasteiger partial charge in [-0.25, -0.2) is 0 Å². The van der Waals surface area contributed by atoms with Crippen molar-refractivity contribution in [1.29, 1.82) is 0 Å². The summed E-state index contributed by atoms with van der Waals surface area (Å²) in [5.41, 5.74) is 0.488. The number of nitrogens with zero attached hydrogens (tertiary/aromatic N) is 1. The standard InChI is InChI=1S/C16H32N2/c1-3-10-16(2,13-17-15-8-9-15)14-18-11-6-4-5-7-12-18/h15,17H,3-14H2,1-2H3. The SMILES string of the molecule is CCCC(C)(CNC1CC1)CN1CCCCCC1. The fourth-order valence-corrected chi connectivity index (χ4v) is 3.34. The zero-order valence-corrected chi connectivity index (χ0v) is 12.5. The average Bonchev–Trinajstić information content (AvgIpc) is 3.15. The first kappa shape index (κ1) is 14.3. The lowest BCUT2D eigenvalue weighted by atomic mass is 9.84. The Bertz CT molecular complexity index is 229. The minimum atomic E-state index is 0.488. The van der Waals surface area contributed by atoms with Gasteiger partial charge in [-0.2, -0.15) is 0 Å². The Kier molecular flexibility index (Phi) is 5.50. The lowest BCUT2D eigenvalue weighted by Gasteiger charge is -2.35. The smallest absolute Gasteiger partial charge is 0.00684 e. The molecule has 1 aliphatic carbocycles. The molecule has 2 rings (SSSR count). The lowest BCUT2D eigenvalue weighted by Crippen LogP contribution is -2.43. The first-order valence-corrected chi connectivity index (χ1v) is 8.18. The predicted octanol–water partition coefficient (Wildman–Crippen LogP) is 3.42. The molecule has 18 heavy (non-hydrogen) atoms. The molecule has 0 spiro atoms. The molecule has 1 atom stereocenters. The van der Waals surface area contributed by atoms with Crippen LogP contribution in [-0.4, -0.2) is 37.1 Å². The molecule has 2 heteroatoms. The van der Waals surface area contributed by atoms with Crippen LogP contribution in [0.4, 0.5) is 0 Å². The second-order valence-corrected chi connectivity index (χ2v) is 6.91. The summed E-state index contributed by atoms with van der Waals surface area (Å²) in [6.07, 6.45) is 11.2. The van der Waals surface area contributed by atoms with E-state index in [1.54, 1.807) is 0 Å². The van der Waals surface area contributed by atoms with Gasteiger partial charge in [0, 0.05) is 19.1 Å². The van der Waals surface area contributed by atoms with Crippen LogP contribution in [0.1, 0.15) is 65.2 Å². The molecule has 0 aromatic heterocycles. The van der Waals surface area contributed by atoms with Gasteiger partial charge in [-0.15, -0.1) is 0 Å². The van der Waals surface area contributed by atoms with Gasteiger partial charge in [0.15, 0.2) is 0 Å². The third-order valence-electron chi connectivity index (χ3n) is 4.55. The summed E-state index contributed by atoms with van der Waals surface area (Å²) in [4.78, 5) is 2.73. The Hall–Kier alpha value is -0.0800. The molecule has 1 unspecified atom stereocenters. The maximum atomic E-state index is 3.76. The third kappa shape index (κ3) is 4.89. The van der Waals surface area contributed by atoms with Gasteiger partial charge in [0.1, 0.15) is 0 Å². The van der Waals surface area contributed by atoms with E-state index in [9.17, 15) is 0 Å². The van der Waals surface area contributed by atoms with E-state index in [-0.39, 0.29) is 0 Å². The first-order chi connectivity index (χ1) is 8.72. The van der Waals surface area contributed by atoms with Gasteiger partial charge in [0.25, 0.3) is 0 Å². The molecule has 1 N–H and O–H groups in total. The molecule has 0 aromatic carbocycles. The third-order valence-corrected chi connectivity index (χ3v) is 4.55. The van der Waals surface area contributed by atoms with E-state index in [4.69, 9.17) is 0 Å². The zero-order chi connectivity index (χ0) is 12.8. The Morgan fingerprint density at radius 1 is 1.11 bits per heavy atom. The van der Waals surface area contributed by atoms with Crippen LogP contribution in [0.15, 0.2) is 0 Å². The topological polar surface area (TPSA) is 15.3 Å². The van der Waals surface area contributed by atoms with Crippen molar-refractivity contribution >= 4 is 0 Å². The monoisotopic (exact) mass is 252 g/mol. The first-order valence-electron chi connectivity index (χ1n) is 8.18. The number of rotatable bonds is 7. The summed E-state index contributed by atoms with van der Waals surface area (Å²) in [5.74, 6) is 0. The van der Waals surface area contributed by atoms with Crippen LogP contribution in [0.25, 0.3) is 0 Å². The van der Waals surface area contributed by atoms with E-state index in [0.29, 0.717) is 5.41 Å². The number of likely N-dealkylation sites (tertiary alicyclic amines) is 1. The van der Waals surface area contributed by atoms with Gasteiger partial charge in [-0.1, -0.05) is 33.1 Å². The molecule has 106 valence electrons. The largest absolute Gasteiger partial charge is 0.313 e. The maximum Gasteiger partial charge on any atom is 0.00684 e. The Morgan fingerprint density at radius 3 is 2.33 bits per heavy atom. The molecular weight excluding hydrogens is 220 g/mol. The van der Waals surface area contributed by atoms with E-state index in [1.165, 1.54) is 77.5 Å². The predicted molar refractivity (Wildman–Crippen MR) is 78.9 cm³/mol. The van der Waals surface area contributed by atoms with E-state index in [2.05, 4.69) is 24.1 Å². The highest BCUT2D eigenvalue weighted by Crippen LogP contribution is 2.27. The second-order valence-electron chi connectivity index (χ2n) is 6.91. The van der Waals surface area contributed by atoms with Crippen molar-refractivity contribution < 1.29 is 0 Å². The molecule has 1 heterocycles. The number of hydrogen-bond donors (Lipinski definition) is 1. The van der Waals surface area contributed by atoms with Gasteiger partial charge in [0.2, 0.25) is 0 Å². The van der Waals surface area contributed by atoms with Crippen molar-refractivity contribution in [2.24, 2.45) is 5.41 Å². The van der Waals surface area contributed by atoms with Crippen LogP contribution < -0.4 is 5.32 Å². The molecule has 1 saturated carbocycles. The molecule has 2 fully saturated rings. The number of nitrogens with one attached hydrogen (secondary N) is 1. The molecule has 2 nitrogen and oxygen atoms in total. The van der Waals surface area contributed by atoms with Crippen molar-refractivity contribution in [3.63, 3.8) is 0 Å². The highest BCUT2D eigenvalue weighted by molar-refractivity contribution is 4.87. The quantitative estimate of drug-likeness (QED) is 0.747. The van der Waals surface area contributed by atoms with Crippen molar-refractivity contribution in [1.82, 2.24) is 10.2 Å². The lowest BCUT2D eigenvalue weighted by molar-refractivity contribution is 0.152. The minimum absolute atomic E-state index is 0.488. The molecule has 0 aromatic rings. The molecule has 0 radical (unpaired) electrons. The summed E-state index contributed by atoms with van der Waals surface area (Å²) in [6.45, 7) is 10.0. The van der Waals surface area contributed by atoms with Gasteiger partial charge < -0.3 is 10.2 Å². The molecule has 1 aliphatic heterocycles. The van der Waals surface area contributed by atoms with Crippen LogP contribution in [0.2, 0.25) is 0 Å². The van der Waals surface area contributed by atoms with Gasteiger partial charge >= 0.3 is 0 Å². The van der Waals surface area contributed by atoms with Crippen LogP contribution in [-0.2, 0) is 0 Å². The number of hydrogen-bond acceptors (Lipinski definition) is 2. The summed E-state index contributed by atoms with van der Waals surface area (Å²) < 4.78 is 0. The van der Waals surface area contributed by atoms with Crippen LogP contribution in [0, 0.1) is 5.41 Å². The fourth-order valence-electron chi connectivity index (χ4n) is 3.34. The Balaban J connectivity index is 1.81. The Morgan fingerprint density at radius 2 is 1.78 bits per heavy atom. The minimum Gasteiger partial charge on any atom is -0.313 e. The van der Waals surface area contributed by atoms with E-state index >= 15 is 0 Å². The van der Waals surface area contributed by atoms with E-state index in [1.807, 2.05) is 0 Å². The van der Waals surface area contributed by atoms with Crippen molar-refractivity contribution in [2.75, 3.05) is 26.2 Å². The van der Waals surface area contributed by atoms with Gasteiger partial charge in [-0.3, -0.25) is 0 Å². The van der Waals surface area contributed by atoms with Gasteiger partial charge in [0.05, 0.1) is 0 Å². The van der Waals surface area contributed by atoms with Crippen LogP contribution in [0.3, 0.4) is 0 Å². The Labute approximate surface area is 114 Å². The van der Waals surface area contributed by atoms with Crippen molar-refractivity contribution in [3.8, 4) is 0 Å². The van der Waals surface area contributed by atoms with E-state index < -0.39 is 0 Å². The molecule has 0 amide bonds. The van der Waals surface area contributed by atoms with E-state index in [0.717, 1.165) is 6.04 Å². The second kappa shape index (κ2) is 6.91. The van der Waals surface area contributed by atoms with Crippen molar-refractivity contribution in [2.45, 2.75) is 71.3 Å². The molecular formula is C16H32N2. The fraction of sp³-hybridized carbons (Fsp3) is 1.00. The summed E-state index contributed by atoms with van der Waals surface area (Å²) >= 11 is 0. The highest BCUT2D eigenvalue weighted by atomic mass is 15.1. The highest BCUT2D eigenvalue weighted by Gasteiger charge is 2.29. The van der Waals surface area contributed by atoms with Crippen molar-refractivity contribution in [3.05, 3.63) is 0 Å². The van der Waals surface area contributed by atoms with Crippen LogP contribution >= 0.6 is 0 Å². The normalized spacial score (nSPS) is 25.7. The molecule has 0 bridgehead atoms. The molecule has 2 aliphatic rings. The summed E-state index contributed by atoms with van der Waals surface area (Å²) in [6, 6.07) is 0.852.